The maximum atomic E-state index is 10.8. The highest BCUT2D eigenvalue weighted by Crippen LogP contribution is 2.42. The minimum atomic E-state index is -2.01. The molecule has 3 nitrogen and oxygen atoms in total. The van der Waals surface area contributed by atoms with Gasteiger partial charge in [-0.15, -0.1) is 0 Å². The Morgan fingerprint density at radius 3 is 2.09 bits per heavy atom. The zero-order chi connectivity index (χ0) is 8.32. The molecule has 1 saturated heterocycles. The molecule has 1 aliphatic heterocycles. The Labute approximate surface area is 72.7 Å². The highest BCUT2D eigenvalue weighted by atomic mass is 31.1. The van der Waals surface area contributed by atoms with Gasteiger partial charge < -0.3 is 8.43 Å². The molecule has 0 spiro atoms. The van der Waals surface area contributed by atoms with Crippen LogP contribution in [0.1, 0.15) is 26.7 Å². The predicted molar refractivity (Wildman–Crippen MR) is 51.5 cm³/mol. The average Bonchev–Trinajstić information content (AvgIpc) is 2.07. The van der Waals surface area contributed by atoms with Crippen LogP contribution in [0.25, 0.3) is 0 Å². The molecule has 1 aliphatic rings. The summed E-state index contributed by atoms with van der Waals surface area (Å²) in [5.74, 6) is 0. The fraction of sp³-hybridized carbons (Fsp3) is 1.00. The summed E-state index contributed by atoms with van der Waals surface area (Å²) in [6.45, 7) is 4.36. The molecule has 0 bridgehead atoms. The predicted octanol–water partition coefficient (Wildman–Crippen LogP) is 0.527. The third kappa shape index (κ3) is 2.26. The van der Waals surface area contributed by atoms with Crippen molar-refractivity contribution in [1.82, 2.24) is 0 Å². The molecular weight excluding hydrogens is 195 g/mol. The van der Waals surface area contributed by atoms with Gasteiger partial charge in [0.25, 0.3) is 8.25 Å². The summed E-state index contributed by atoms with van der Waals surface area (Å²) >= 11 is 0. The molecule has 0 aliphatic carbocycles. The minimum absolute atomic E-state index is 0.401. The molecule has 0 unspecified atom stereocenters. The maximum absolute atomic E-state index is 10.8. The quantitative estimate of drug-likeness (QED) is 0.492. The van der Waals surface area contributed by atoms with Crippen LogP contribution in [-0.2, 0) is 13.0 Å². The van der Waals surface area contributed by atoms with E-state index in [2.05, 4.69) is 13.8 Å². The van der Waals surface area contributed by atoms with Gasteiger partial charge in [-0.2, -0.15) is 0 Å². The topological polar surface area (TPSA) is 35.5 Å². The molecule has 0 aromatic heterocycles. The summed E-state index contributed by atoms with van der Waals surface area (Å²) < 4.78 is 21.5. The lowest BCUT2D eigenvalue weighted by molar-refractivity contribution is 0.390. The molecule has 0 radical (unpaired) electrons. The van der Waals surface area contributed by atoms with Crippen LogP contribution < -0.4 is 0 Å². The van der Waals surface area contributed by atoms with Crippen LogP contribution in [-0.4, -0.2) is 19.5 Å². The van der Waals surface area contributed by atoms with Crippen molar-refractivity contribution >= 4 is 27.8 Å². The molecule has 1 fully saturated rings. The first-order chi connectivity index (χ1) is 5.22. The van der Waals surface area contributed by atoms with E-state index in [1.54, 1.807) is 0 Å². The molecule has 0 atom stereocenters. The van der Waals surface area contributed by atoms with Crippen molar-refractivity contribution < 1.29 is 13.0 Å². The number of hydrogen-bond donors (Lipinski definition) is 0. The zero-order valence-electron chi connectivity index (χ0n) is 7.05. The van der Waals surface area contributed by atoms with E-state index in [0.717, 1.165) is 12.8 Å². The van der Waals surface area contributed by atoms with Crippen molar-refractivity contribution in [2.45, 2.75) is 31.4 Å². The van der Waals surface area contributed by atoms with E-state index >= 15 is 0 Å². The van der Waals surface area contributed by atoms with Crippen LogP contribution in [0.15, 0.2) is 0 Å². The molecule has 11 heavy (non-hydrogen) atoms. The van der Waals surface area contributed by atoms with E-state index in [4.69, 9.17) is 8.43 Å². The van der Waals surface area contributed by atoms with Crippen molar-refractivity contribution in [3.63, 3.8) is 0 Å². The first-order valence-corrected chi connectivity index (χ1v) is 7.81. The SMILES string of the molecule is CCC1(CC)[SiH2]O[PH](=O)O[SiH2]1. The lowest BCUT2D eigenvalue weighted by Gasteiger charge is -2.33. The van der Waals surface area contributed by atoms with Crippen LogP contribution in [0.5, 0.6) is 0 Å². The molecule has 0 N–H and O–H groups in total. The van der Waals surface area contributed by atoms with Gasteiger partial charge in [-0.3, -0.25) is 4.57 Å². The molecule has 1 rings (SSSR count). The normalized spacial score (nSPS) is 34.5. The van der Waals surface area contributed by atoms with Crippen molar-refractivity contribution in [3.05, 3.63) is 0 Å². The van der Waals surface area contributed by atoms with Crippen LogP contribution >= 0.6 is 8.25 Å². The Balaban J connectivity index is 2.52. The standard InChI is InChI=1S/C5H15O3PSi2/c1-3-5(4-2)10-7-9(6)8-11-5/h9H,3-4,10-11H2,1-2H3. The third-order valence-electron chi connectivity index (χ3n) is 2.49. The van der Waals surface area contributed by atoms with Gasteiger partial charge in [0.15, 0.2) is 19.5 Å². The van der Waals surface area contributed by atoms with E-state index in [1.807, 2.05) is 0 Å². The Morgan fingerprint density at radius 1 is 1.27 bits per heavy atom. The molecule has 0 aromatic rings. The maximum Gasteiger partial charge on any atom is 0.298 e. The van der Waals surface area contributed by atoms with Crippen LogP contribution in [0.3, 0.4) is 0 Å². The molecule has 6 heteroatoms. The lowest BCUT2D eigenvalue weighted by atomic mass is 10.2. The van der Waals surface area contributed by atoms with Crippen molar-refractivity contribution in [1.29, 1.82) is 0 Å². The van der Waals surface area contributed by atoms with Crippen LogP contribution in [0, 0.1) is 0 Å². The van der Waals surface area contributed by atoms with Gasteiger partial charge in [0.1, 0.15) is 0 Å². The van der Waals surface area contributed by atoms with Gasteiger partial charge >= 0.3 is 0 Å². The van der Waals surface area contributed by atoms with Gasteiger partial charge in [-0.05, 0) is 4.66 Å². The Hall–Kier alpha value is 0.584. The van der Waals surface area contributed by atoms with Crippen molar-refractivity contribution in [3.8, 4) is 0 Å². The molecule has 0 aromatic carbocycles. The minimum Gasteiger partial charge on any atom is -0.361 e. The Kier molecular flexibility index (Phi) is 3.52. The zero-order valence-corrected chi connectivity index (χ0v) is 10.9. The monoisotopic (exact) mass is 210 g/mol. The summed E-state index contributed by atoms with van der Waals surface area (Å²) in [7, 11) is -3.13. The van der Waals surface area contributed by atoms with Crippen LogP contribution in [0.2, 0.25) is 4.66 Å². The van der Waals surface area contributed by atoms with E-state index < -0.39 is 27.8 Å². The second-order valence-electron chi connectivity index (χ2n) is 3.03. The summed E-state index contributed by atoms with van der Waals surface area (Å²) in [5, 5.41) is 0. The van der Waals surface area contributed by atoms with Gasteiger partial charge in [0.05, 0.1) is 0 Å². The van der Waals surface area contributed by atoms with E-state index in [-0.39, 0.29) is 0 Å². The van der Waals surface area contributed by atoms with Crippen molar-refractivity contribution in [2.75, 3.05) is 0 Å². The molecule has 66 valence electrons. The third-order valence-corrected chi connectivity index (χ3v) is 9.98. The molecule has 0 amide bonds. The molecule has 1 heterocycles. The first-order valence-electron chi connectivity index (χ1n) is 4.02. The fourth-order valence-corrected chi connectivity index (χ4v) is 8.63. The summed E-state index contributed by atoms with van der Waals surface area (Å²) in [6, 6.07) is 0. The number of hydrogen-bond acceptors (Lipinski definition) is 3. The van der Waals surface area contributed by atoms with E-state index in [1.165, 1.54) is 0 Å². The van der Waals surface area contributed by atoms with Crippen LogP contribution in [0.4, 0.5) is 0 Å². The Bertz CT molecular complexity index is 148. The van der Waals surface area contributed by atoms with E-state index in [0.29, 0.717) is 4.66 Å². The second kappa shape index (κ2) is 4.00. The van der Waals surface area contributed by atoms with Crippen molar-refractivity contribution in [2.24, 2.45) is 0 Å². The largest absolute Gasteiger partial charge is 0.361 e. The molecular formula is C5H15O3PSi2. The molecule has 0 saturated carbocycles. The van der Waals surface area contributed by atoms with Gasteiger partial charge in [0.2, 0.25) is 0 Å². The Morgan fingerprint density at radius 2 is 1.73 bits per heavy atom. The average molecular weight is 210 g/mol. The number of rotatable bonds is 2. The second-order valence-corrected chi connectivity index (χ2v) is 10.4. The van der Waals surface area contributed by atoms with Gasteiger partial charge in [-0.25, -0.2) is 0 Å². The summed E-state index contributed by atoms with van der Waals surface area (Å²) in [5.41, 5.74) is 0. The fourth-order valence-electron chi connectivity index (χ4n) is 1.17. The highest BCUT2D eigenvalue weighted by Gasteiger charge is 2.33. The smallest absolute Gasteiger partial charge is 0.298 e. The summed E-state index contributed by atoms with van der Waals surface area (Å²) in [6.07, 6.45) is 2.30. The highest BCUT2D eigenvalue weighted by molar-refractivity contribution is 7.37. The van der Waals surface area contributed by atoms with Gasteiger partial charge in [-0.1, -0.05) is 26.7 Å². The van der Waals surface area contributed by atoms with Gasteiger partial charge in [0, 0.05) is 0 Å². The summed E-state index contributed by atoms with van der Waals surface area (Å²) in [4.78, 5) is 0. The first kappa shape index (κ1) is 9.67. The lowest BCUT2D eigenvalue weighted by Crippen LogP contribution is -2.31. The van der Waals surface area contributed by atoms with E-state index in [9.17, 15) is 4.57 Å².